The summed E-state index contributed by atoms with van der Waals surface area (Å²) < 4.78 is 4.84. The molecule has 1 rings (SSSR count). The van der Waals surface area contributed by atoms with Gasteiger partial charge in [0, 0.05) is 11.8 Å². The number of ether oxygens (including phenoxy) is 1. The Morgan fingerprint density at radius 2 is 2.17 bits per heavy atom. The lowest BCUT2D eigenvalue weighted by Gasteiger charge is -2.02. The van der Waals surface area contributed by atoms with E-state index in [2.05, 4.69) is 10.3 Å². The molecule has 1 heterocycles. The van der Waals surface area contributed by atoms with Crippen molar-refractivity contribution in [1.29, 1.82) is 0 Å². The van der Waals surface area contributed by atoms with Crippen LogP contribution in [0.4, 0.5) is 5.69 Å². The van der Waals surface area contributed by atoms with Crippen LogP contribution in [0.1, 0.15) is 37.7 Å². The van der Waals surface area contributed by atoms with Crippen molar-refractivity contribution in [3.63, 3.8) is 0 Å². The van der Waals surface area contributed by atoms with Crippen LogP contribution in [0.15, 0.2) is 23.9 Å². The van der Waals surface area contributed by atoms with E-state index in [1.54, 1.807) is 26.1 Å². The maximum atomic E-state index is 11.7. The second kappa shape index (κ2) is 6.64. The fourth-order valence-electron chi connectivity index (χ4n) is 1.42. The van der Waals surface area contributed by atoms with Crippen LogP contribution >= 0.6 is 0 Å². The second-order valence-corrected chi connectivity index (χ2v) is 3.77. The minimum atomic E-state index is -0.432. The first-order valence-electron chi connectivity index (χ1n) is 5.92. The number of aromatic amines is 1. The molecule has 5 heteroatoms. The number of carbonyl (C=O) groups excluding carboxylic acids is 2. The molecule has 0 unspecified atom stereocenters. The molecule has 0 radical (unpaired) electrons. The van der Waals surface area contributed by atoms with E-state index in [0.717, 1.165) is 6.42 Å². The molecule has 1 amide bonds. The number of hydrogen-bond acceptors (Lipinski definition) is 3. The van der Waals surface area contributed by atoms with Gasteiger partial charge in [0.1, 0.15) is 5.69 Å². The smallest absolute Gasteiger partial charge is 0.354 e. The second-order valence-electron chi connectivity index (χ2n) is 3.77. The van der Waals surface area contributed by atoms with Crippen LogP contribution in [0, 0.1) is 0 Å². The van der Waals surface area contributed by atoms with E-state index in [0.29, 0.717) is 23.6 Å². The zero-order valence-corrected chi connectivity index (χ0v) is 10.9. The van der Waals surface area contributed by atoms with Crippen molar-refractivity contribution in [3.8, 4) is 0 Å². The minimum Gasteiger partial charge on any atom is -0.461 e. The van der Waals surface area contributed by atoms with Crippen LogP contribution in [-0.2, 0) is 9.53 Å². The summed E-state index contributed by atoms with van der Waals surface area (Å²) in [5.74, 6) is -0.606. The summed E-state index contributed by atoms with van der Waals surface area (Å²) in [6, 6.07) is 1.55. The first-order valence-corrected chi connectivity index (χ1v) is 5.92. The zero-order chi connectivity index (χ0) is 13.5. The monoisotopic (exact) mass is 250 g/mol. The normalized spacial score (nSPS) is 11.2. The third-order valence-corrected chi connectivity index (χ3v) is 2.30. The molecule has 0 fully saturated rings. The molecule has 2 N–H and O–H groups in total. The highest BCUT2D eigenvalue weighted by Crippen LogP contribution is 2.12. The maximum absolute atomic E-state index is 11.7. The van der Waals surface area contributed by atoms with Gasteiger partial charge in [-0.25, -0.2) is 4.79 Å². The van der Waals surface area contributed by atoms with Gasteiger partial charge in [-0.05, 0) is 26.3 Å². The van der Waals surface area contributed by atoms with E-state index in [4.69, 9.17) is 4.74 Å². The van der Waals surface area contributed by atoms with Crippen molar-refractivity contribution < 1.29 is 14.3 Å². The molecule has 0 saturated carbocycles. The van der Waals surface area contributed by atoms with E-state index in [-0.39, 0.29) is 5.91 Å². The van der Waals surface area contributed by atoms with E-state index < -0.39 is 5.97 Å². The molecule has 0 aliphatic heterocycles. The Bertz CT molecular complexity index is 461. The Morgan fingerprint density at radius 3 is 2.78 bits per heavy atom. The molecule has 98 valence electrons. The predicted molar refractivity (Wildman–Crippen MR) is 69.4 cm³/mol. The highest BCUT2D eigenvalue weighted by Gasteiger charge is 2.11. The summed E-state index contributed by atoms with van der Waals surface area (Å²) in [4.78, 5) is 25.9. The lowest BCUT2D eigenvalue weighted by molar-refractivity contribution is -0.112. The van der Waals surface area contributed by atoms with E-state index in [1.165, 1.54) is 0 Å². The van der Waals surface area contributed by atoms with Crippen LogP contribution in [0.3, 0.4) is 0 Å². The summed E-state index contributed by atoms with van der Waals surface area (Å²) in [5.41, 5.74) is 1.52. The number of amides is 1. The third kappa shape index (κ3) is 3.76. The fourth-order valence-corrected chi connectivity index (χ4v) is 1.42. The highest BCUT2D eigenvalue weighted by atomic mass is 16.5. The van der Waals surface area contributed by atoms with Crippen LogP contribution < -0.4 is 5.32 Å². The van der Waals surface area contributed by atoms with E-state index in [1.807, 2.05) is 13.0 Å². The Labute approximate surface area is 106 Å². The van der Waals surface area contributed by atoms with Gasteiger partial charge in [0.25, 0.3) is 5.91 Å². The van der Waals surface area contributed by atoms with Gasteiger partial charge < -0.3 is 15.0 Å². The molecule has 1 aromatic rings. The molecular weight excluding hydrogens is 232 g/mol. The quantitative estimate of drug-likeness (QED) is 0.623. The van der Waals surface area contributed by atoms with Crippen molar-refractivity contribution in [1.82, 2.24) is 4.98 Å². The average molecular weight is 250 g/mol. The molecule has 0 aliphatic rings. The number of esters is 1. The molecule has 0 saturated heterocycles. The van der Waals surface area contributed by atoms with Crippen LogP contribution in [0.25, 0.3) is 0 Å². The van der Waals surface area contributed by atoms with Crippen molar-refractivity contribution in [2.24, 2.45) is 0 Å². The molecule has 18 heavy (non-hydrogen) atoms. The van der Waals surface area contributed by atoms with Crippen molar-refractivity contribution >= 4 is 17.6 Å². The van der Waals surface area contributed by atoms with Crippen molar-refractivity contribution in [2.45, 2.75) is 27.2 Å². The summed E-state index contributed by atoms with van der Waals surface area (Å²) >= 11 is 0. The lowest BCUT2D eigenvalue weighted by atomic mass is 10.2. The topological polar surface area (TPSA) is 71.2 Å². The first kappa shape index (κ1) is 14.0. The third-order valence-electron chi connectivity index (χ3n) is 2.30. The van der Waals surface area contributed by atoms with Crippen LogP contribution in [-0.4, -0.2) is 23.5 Å². The Kier molecular flexibility index (Phi) is 5.17. The minimum absolute atomic E-state index is 0.175. The van der Waals surface area contributed by atoms with Gasteiger partial charge in [-0.3, -0.25) is 4.79 Å². The van der Waals surface area contributed by atoms with Gasteiger partial charge in [0.05, 0.1) is 12.3 Å². The van der Waals surface area contributed by atoms with E-state index >= 15 is 0 Å². The standard InChI is InChI=1S/C13H18N2O3/c1-4-6-9(3)12(16)15-10-7-11(14-8-10)13(17)18-5-2/h6-8,14H,4-5H2,1-3H3,(H,15,16)/b9-6+. The van der Waals surface area contributed by atoms with Gasteiger partial charge in [-0.2, -0.15) is 0 Å². The SMILES string of the molecule is CC/C=C(\C)C(=O)Nc1c[nH]c(C(=O)OCC)c1. The number of anilines is 1. The lowest BCUT2D eigenvalue weighted by Crippen LogP contribution is -2.12. The predicted octanol–water partition coefficient (Wildman–Crippen LogP) is 2.49. The number of nitrogens with one attached hydrogen (secondary N) is 2. The summed E-state index contributed by atoms with van der Waals surface area (Å²) in [5, 5.41) is 2.70. The maximum Gasteiger partial charge on any atom is 0.354 e. The molecule has 1 aromatic heterocycles. The molecular formula is C13H18N2O3. The summed E-state index contributed by atoms with van der Waals surface area (Å²) in [6.45, 7) is 5.77. The Balaban J connectivity index is 2.67. The number of aromatic nitrogens is 1. The van der Waals surface area contributed by atoms with Crippen LogP contribution in [0.5, 0.6) is 0 Å². The number of hydrogen-bond donors (Lipinski definition) is 2. The zero-order valence-electron chi connectivity index (χ0n) is 10.9. The number of rotatable bonds is 5. The van der Waals surface area contributed by atoms with Crippen molar-refractivity contribution in [2.75, 3.05) is 11.9 Å². The van der Waals surface area contributed by atoms with Gasteiger partial charge in [0.2, 0.25) is 0 Å². The Hall–Kier alpha value is -2.04. The van der Waals surface area contributed by atoms with Crippen molar-refractivity contribution in [3.05, 3.63) is 29.6 Å². The largest absolute Gasteiger partial charge is 0.461 e. The van der Waals surface area contributed by atoms with E-state index in [9.17, 15) is 9.59 Å². The van der Waals surface area contributed by atoms with Gasteiger partial charge >= 0.3 is 5.97 Å². The molecule has 0 atom stereocenters. The molecule has 0 spiro atoms. The van der Waals surface area contributed by atoms with Gasteiger partial charge in [0.15, 0.2) is 0 Å². The number of H-pyrrole nitrogens is 1. The fraction of sp³-hybridized carbons (Fsp3) is 0.385. The first-order chi connectivity index (χ1) is 8.58. The summed E-state index contributed by atoms with van der Waals surface area (Å²) in [6.07, 6.45) is 4.21. The molecule has 5 nitrogen and oxygen atoms in total. The molecule has 0 aromatic carbocycles. The molecule has 0 aliphatic carbocycles. The molecule has 0 bridgehead atoms. The van der Waals surface area contributed by atoms with Crippen LogP contribution in [0.2, 0.25) is 0 Å². The average Bonchev–Trinajstić information content (AvgIpc) is 2.78. The Morgan fingerprint density at radius 1 is 1.44 bits per heavy atom. The highest BCUT2D eigenvalue weighted by molar-refractivity contribution is 6.03. The number of carbonyl (C=O) groups is 2. The van der Waals surface area contributed by atoms with Gasteiger partial charge in [-0.15, -0.1) is 0 Å². The van der Waals surface area contributed by atoms with Gasteiger partial charge in [-0.1, -0.05) is 13.0 Å². The number of allylic oxidation sites excluding steroid dienone is 1. The summed E-state index contributed by atoms with van der Waals surface area (Å²) in [7, 11) is 0.